The Balaban J connectivity index is 2.29. The molecule has 1 atom stereocenters. The van der Waals surface area contributed by atoms with Crippen LogP contribution in [0.2, 0.25) is 0 Å². The second-order valence-electron chi connectivity index (χ2n) is 3.97. The molecule has 0 amide bonds. The van der Waals surface area contributed by atoms with Gasteiger partial charge >= 0.3 is 12.3 Å². The second kappa shape index (κ2) is 4.27. The first-order valence-corrected chi connectivity index (χ1v) is 5.04. The topological polar surface area (TPSA) is 35.2 Å². The van der Waals surface area contributed by atoms with Crippen LogP contribution in [-0.2, 0) is 18.0 Å². The number of hydrogen-bond acceptors (Lipinski definition) is 2. The molecule has 0 aliphatic carbocycles. The smallest absolute Gasteiger partial charge is 0.326 e. The molecule has 0 bridgehead atoms. The fourth-order valence-corrected chi connectivity index (χ4v) is 1.74. The summed E-state index contributed by atoms with van der Waals surface area (Å²) in [5, 5.41) is 0. The average molecular weight is 249 g/mol. The monoisotopic (exact) mass is 249 g/mol. The largest absolute Gasteiger partial charge is 0.372 e. The van der Waals surface area contributed by atoms with Gasteiger partial charge in [-0.3, -0.25) is 0 Å². The molecule has 17 heavy (non-hydrogen) atoms. The third kappa shape index (κ3) is 2.14. The highest BCUT2D eigenvalue weighted by atomic mass is 19.3. The maximum Gasteiger partial charge on any atom is 0.326 e. The van der Waals surface area contributed by atoms with Crippen molar-refractivity contribution in [3.05, 3.63) is 34.9 Å². The number of rotatable bonds is 3. The maximum atomic E-state index is 13.1. The Morgan fingerprint density at radius 2 is 1.82 bits per heavy atom. The van der Waals surface area contributed by atoms with Gasteiger partial charge < -0.3 is 10.5 Å². The number of halogens is 4. The zero-order chi connectivity index (χ0) is 12.6. The Morgan fingerprint density at radius 1 is 1.18 bits per heavy atom. The Bertz CT molecular complexity index is 422. The molecule has 0 spiro atoms. The van der Waals surface area contributed by atoms with Gasteiger partial charge in [0.15, 0.2) is 0 Å². The number of alkyl halides is 4. The van der Waals surface area contributed by atoms with E-state index >= 15 is 0 Å². The van der Waals surface area contributed by atoms with Gasteiger partial charge in [0.25, 0.3) is 0 Å². The number of benzene rings is 1. The average Bonchev–Trinajstić information content (AvgIpc) is 2.74. The summed E-state index contributed by atoms with van der Waals surface area (Å²) < 4.78 is 55.6. The molecule has 1 aromatic carbocycles. The van der Waals surface area contributed by atoms with Crippen molar-refractivity contribution in [3.63, 3.8) is 0 Å². The molecular weight excluding hydrogens is 238 g/mol. The first kappa shape index (κ1) is 12.3. The van der Waals surface area contributed by atoms with Gasteiger partial charge in [-0.15, -0.1) is 0 Å². The molecule has 0 saturated carbocycles. The standard InChI is InChI=1S/C11H11F4NO/c12-10(13)11(14,15)9(16)6-1-2-7-4-17-5-8(7)3-6/h1-3,9-10H,4-5,16H2. The second-order valence-corrected chi connectivity index (χ2v) is 3.97. The Hall–Kier alpha value is -1.14. The van der Waals surface area contributed by atoms with E-state index < -0.39 is 18.4 Å². The predicted octanol–water partition coefficient (Wildman–Crippen LogP) is 2.62. The molecule has 0 fully saturated rings. The molecule has 0 aromatic heterocycles. The van der Waals surface area contributed by atoms with Crippen LogP contribution in [0.25, 0.3) is 0 Å². The Labute approximate surface area is 95.4 Å². The van der Waals surface area contributed by atoms with Gasteiger partial charge in [0, 0.05) is 0 Å². The van der Waals surface area contributed by atoms with Gasteiger partial charge in [-0.25, -0.2) is 8.78 Å². The van der Waals surface area contributed by atoms with Crippen molar-refractivity contribution in [3.8, 4) is 0 Å². The lowest BCUT2D eigenvalue weighted by atomic mass is 9.97. The van der Waals surface area contributed by atoms with E-state index in [0.717, 1.165) is 11.1 Å². The Kier molecular flexibility index (Phi) is 3.09. The molecule has 1 aromatic rings. The summed E-state index contributed by atoms with van der Waals surface area (Å²) >= 11 is 0. The van der Waals surface area contributed by atoms with E-state index in [-0.39, 0.29) is 5.56 Å². The van der Waals surface area contributed by atoms with Crippen LogP contribution in [0.4, 0.5) is 17.6 Å². The minimum Gasteiger partial charge on any atom is -0.372 e. The van der Waals surface area contributed by atoms with Crippen LogP contribution >= 0.6 is 0 Å². The summed E-state index contributed by atoms with van der Waals surface area (Å²) in [6.45, 7) is 0.715. The van der Waals surface area contributed by atoms with E-state index in [4.69, 9.17) is 10.5 Å². The summed E-state index contributed by atoms with van der Waals surface area (Å²) in [5.74, 6) is -4.23. The van der Waals surface area contributed by atoms with Crippen molar-refractivity contribution in [2.75, 3.05) is 0 Å². The van der Waals surface area contributed by atoms with Crippen molar-refractivity contribution in [2.24, 2.45) is 5.73 Å². The van der Waals surface area contributed by atoms with Crippen LogP contribution in [0.5, 0.6) is 0 Å². The molecule has 1 aliphatic rings. The lowest BCUT2D eigenvalue weighted by Crippen LogP contribution is -2.39. The molecule has 2 nitrogen and oxygen atoms in total. The van der Waals surface area contributed by atoms with Crippen LogP contribution in [0.3, 0.4) is 0 Å². The van der Waals surface area contributed by atoms with Crippen molar-refractivity contribution >= 4 is 0 Å². The number of hydrogen-bond donors (Lipinski definition) is 1. The third-order valence-corrected chi connectivity index (χ3v) is 2.81. The zero-order valence-electron chi connectivity index (χ0n) is 8.80. The molecule has 2 N–H and O–H groups in total. The SMILES string of the molecule is NC(c1ccc2c(c1)COC2)C(F)(F)C(F)F. The molecule has 0 saturated heterocycles. The maximum absolute atomic E-state index is 13.1. The van der Waals surface area contributed by atoms with Gasteiger partial charge in [-0.1, -0.05) is 18.2 Å². The van der Waals surface area contributed by atoms with Gasteiger partial charge in [0.05, 0.1) is 13.2 Å². The minimum atomic E-state index is -4.23. The van der Waals surface area contributed by atoms with Gasteiger partial charge in [0.2, 0.25) is 0 Å². The molecule has 1 heterocycles. The van der Waals surface area contributed by atoms with Crippen molar-refractivity contribution in [2.45, 2.75) is 31.6 Å². The van der Waals surface area contributed by atoms with Crippen LogP contribution in [0.1, 0.15) is 22.7 Å². The zero-order valence-corrected chi connectivity index (χ0v) is 8.80. The fraction of sp³-hybridized carbons (Fsp3) is 0.455. The summed E-state index contributed by atoms with van der Waals surface area (Å²) in [6.07, 6.45) is -3.78. The number of nitrogens with two attached hydrogens (primary N) is 1. The normalized spacial score (nSPS) is 17.3. The van der Waals surface area contributed by atoms with E-state index in [9.17, 15) is 17.6 Å². The van der Waals surface area contributed by atoms with Crippen molar-refractivity contribution in [1.82, 2.24) is 0 Å². The predicted molar refractivity (Wildman–Crippen MR) is 52.8 cm³/mol. The first-order chi connectivity index (χ1) is 7.93. The molecule has 94 valence electrons. The van der Waals surface area contributed by atoms with E-state index in [1.165, 1.54) is 12.1 Å². The first-order valence-electron chi connectivity index (χ1n) is 5.04. The summed E-state index contributed by atoms with van der Waals surface area (Å²) in [4.78, 5) is 0. The van der Waals surface area contributed by atoms with Gasteiger partial charge in [0.1, 0.15) is 6.04 Å². The number of fused-ring (bicyclic) bond motifs is 1. The van der Waals surface area contributed by atoms with Gasteiger partial charge in [-0.2, -0.15) is 8.78 Å². The molecule has 1 unspecified atom stereocenters. The molecule has 2 rings (SSSR count). The Morgan fingerprint density at radius 3 is 2.47 bits per heavy atom. The quantitative estimate of drug-likeness (QED) is 0.836. The van der Waals surface area contributed by atoms with Crippen molar-refractivity contribution < 1.29 is 22.3 Å². The van der Waals surface area contributed by atoms with Crippen LogP contribution in [-0.4, -0.2) is 12.3 Å². The highest BCUT2D eigenvalue weighted by Crippen LogP contribution is 2.36. The van der Waals surface area contributed by atoms with Gasteiger partial charge in [-0.05, 0) is 16.7 Å². The van der Waals surface area contributed by atoms with E-state index in [0.29, 0.717) is 13.2 Å². The summed E-state index contributed by atoms with van der Waals surface area (Å²) in [5.41, 5.74) is 6.80. The van der Waals surface area contributed by atoms with Crippen LogP contribution in [0, 0.1) is 0 Å². The lowest BCUT2D eigenvalue weighted by Gasteiger charge is -2.23. The molecule has 6 heteroatoms. The molecule has 1 aliphatic heterocycles. The number of ether oxygens (including phenoxy) is 1. The van der Waals surface area contributed by atoms with E-state index in [2.05, 4.69) is 0 Å². The van der Waals surface area contributed by atoms with Crippen molar-refractivity contribution in [1.29, 1.82) is 0 Å². The lowest BCUT2D eigenvalue weighted by molar-refractivity contribution is -0.144. The molecular formula is C11H11F4NO. The highest BCUT2D eigenvalue weighted by Gasteiger charge is 2.47. The van der Waals surface area contributed by atoms with E-state index in [1.54, 1.807) is 6.07 Å². The summed E-state index contributed by atoms with van der Waals surface area (Å²) in [6, 6.07) is 2.32. The van der Waals surface area contributed by atoms with Crippen LogP contribution < -0.4 is 5.73 Å². The minimum absolute atomic E-state index is 0.000417. The van der Waals surface area contributed by atoms with Crippen LogP contribution in [0.15, 0.2) is 18.2 Å². The third-order valence-electron chi connectivity index (χ3n) is 2.81. The highest BCUT2D eigenvalue weighted by molar-refractivity contribution is 5.35. The fourth-order valence-electron chi connectivity index (χ4n) is 1.74. The molecule has 0 radical (unpaired) electrons. The van der Waals surface area contributed by atoms with E-state index in [1.807, 2.05) is 0 Å². The summed E-state index contributed by atoms with van der Waals surface area (Å²) in [7, 11) is 0.